The van der Waals surface area contributed by atoms with Crippen molar-refractivity contribution in [2.24, 2.45) is 0 Å². The number of benzene rings is 1. The molecule has 2 N–H and O–H groups in total. The minimum atomic E-state index is -0.259. The average Bonchev–Trinajstić information content (AvgIpc) is 2.66. The van der Waals surface area contributed by atoms with E-state index >= 15 is 0 Å². The van der Waals surface area contributed by atoms with Crippen molar-refractivity contribution in [1.29, 1.82) is 0 Å². The third-order valence-corrected chi connectivity index (χ3v) is 4.06. The molecule has 1 aromatic carbocycles. The summed E-state index contributed by atoms with van der Waals surface area (Å²) in [6.07, 6.45) is 5.16. The molecule has 6 nitrogen and oxygen atoms in total. The second-order valence-electron chi connectivity index (χ2n) is 6.25. The summed E-state index contributed by atoms with van der Waals surface area (Å²) < 4.78 is 0. The molecule has 3 rings (SSSR count). The zero-order chi connectivity index (χ0) is 19.2. The summed E-state index contributed by atoms with van der Waals surface area (Å²) in [6.45, 7) is 3.76. The van der Waals surface area contributed by atoms with Gasteiger partial charge in [-0.3, -0.25) is 19.6 Å². The normalized spacial score (nSPS) is 10.3. The van der Waals surface area contributed by atoms with Crippen molar-refractivity contribution in [2.75, 3.05) is 10.6 Å². The predicted molar refractivity (Wildman–Crippen MR) is 105 cm³/mol. The lowest BCUT2D eigenvalue weighted by atomic mass is 10.1. The SMILES string of the molecule is Cc1ccc(NC(=O)c2ccc(C)c(NC(=O)Cc3ccncc3)c2)cn1. The van der Waals surface area contributed by atoms with E-state index < -0.39 is 0 Å². The molecule has 0 bridgehead atoms. The van der Waals surface area contributed by atoms with E-state index in [1.54, 1.807) is 48.9 Å². The zero-order valence-electron chi connectivity index (χ0n) is 15.2. The van der Waals surface area contributed by atoms with Gasteiger partial charge < -0.3 is 10.6 Å². The van der Waals surface area contributed by atoms with Crippen LogP contribution < -0.4 is 10.6 Å². The van der Waals surface area contributed by atoms with Crippen LogP contribution in [-0.4, -0.2) is 21.8 Å². The van der Waals surface area contributed by atoms with Crippen molar-refractivity contribution in [3.63, 3.8) is 0 Å². The van der Waals surface area contributed by atoms with Crippen molar-refractivity contribution in [1.82, 2.24) is 9.97 Å². The number of nitrogens with zero attached hydrogens (tertiary/aromatic N) is 2. The van der Waals surface area contributed by atoms with Gasteiger partial charge in [-0.1, -0.05) is 6.07 Å². The molecule has 0 fully saturated rings. The molecule has 6 heteroatoms. The monoisotopic (exact) mass is 360 g/mol. The number of nitrogens with one attached hydrogen (secondary N) is 2. The van der Waals surface area contributed by atoms with E-state index in [-0.39, 0.29) is 18.2 Å². The zero-order valence-corrected chi connectivity index (χ0v) is 15.2. The highest BCUT2D eigenvalue weighted by molar-refractivity contribution is 6.05. The number of hydrogen-bond acceptors (Lipinski definition) is 4. The molecule has 0 aliphatic carbocycles. The maximum atomic E-state index is 12.5. The molecule has 27 heavy (non-hydrogen) atoms. The van der Waals surface area contributed by atoms with Crippen molar-refractivity contribution < 1.29 is 9.59 Å². The molecule has 2 aromatic heterocycles. The maximum Gasteiger partial charge on any atom is 0.255 e. The molecule has 0 saturated carbocycles. The second kappa shape index (κ2) is 8.23. The first-order valence-electron chi connectivity index (χ1n) is 8.54. The Balaban J connectivity index is 1.70. The van der Waals surface area contributed by atoms with Gasteiger partial charge in [0.1, 0.15) is 0 Å². The molecule has 2 amide bonds. The number of aryl methyl sites for hydroxylation is 2. The first-order valence-corrected chi connectivity index (χ1v) is 8.54. The van der Waals surface area contributed by atoms with E-state index in [2.05, 4.69) is 20.6 Å². The maximum absolute atomic E-state index is 12.5. The first-order chi connectivity index (χ1) is 13.0. The first kappa shape index (κ1) is 18.3. The van der Waals surface area contributed by atoms with Gasteiger partial charge in [0.25, 0.3) is 5.91 Å². The number of aromatic nitrogens is 2. The number of amides is 2. The Morgan fingerprint density at radius 1 is 0.963 bits per heavy atom. The third-order valence-electron chi connectivity index (χ3n) is 4.06. The van der Waals surface area contributed by atoms with Crippen LogP contribution >= 0.6 is 0 Å². The average molecular weight is 360 g/mol. The van der Waals surface area contributed by atoms with E-state index in [4.69, 9.17) is 0 Å². The fourth-order valence-electron chi connectivity index (χ4n) is 2.52. The van der Waals surface area contributed by atoms with E-state index in [0.29, 0.717) is 16.9 Å². The van der Waals surface area contributed by atoms with Gasteiger partial charge in [-0.05, 0) is 61.4 Å². The summed E-state index contributed by atoms with van der Waals surface area (Å²) in [5.41, 5.74) is 4.33. The van der Waals surface area contributed by atoms with E-state index in [9.17, 15) is 9.59 Å². The number of carbonyl (C=O) groups excluding carboxylic acids is 2. The van der Waals surface area contributed by atoms with Crippen molar-refractivity contribution in [2.45, 2.75) is 20.3 Å². The van der Waals surface area contributed by atoms with Gasteiger partial charge in [0.05, 0.1) is 18.3 Å². The van der Waals surface area contributed by atoms with Gasteiger partial charge in [-0.25, -0.2) is 0 Å². The number of carbonyl (C=O) groups is 2. The molecule has 0 saturated heterocycles. The van der Waals surface area contributed by atoms with Crippen LogP contribution in [0.4, 0.5) is 11.4 Å². The van der Waals surface area contributed by atoms with Gasteiger partial charge in [0.15, 0.2) is 0 Å². The summed E-state index contributed by atoms with van der Waals surface area (Å²) >= 11 is 0. The van der Waals surface area contributed by atoms with Crippen molar-refractivity contribution >= 4 is 23.2 Å². The molecule has 0 spiro atoms. The van der Waals surface area contributed by atoms with E-state index in [0.717, 1.165) is 16.8 Å². The Morgan fingerprint density at radius 2 is 1.74 bits per heavy atom. The molecule has 0 aliphatic rings. The van der Waals surface area contributed by atoms with Gasteiger partial charge in [-0.15, -0.1) is 0 Å². The summed E-state index contributed by atoms with van der Waals surface area (Å²) in [4.78, 5) is 32.9. The molecular weight excluding hydrogens is 340 g/mol. The Hall–Kier alpha value is -3.54. The quantitative estimate of drug-likeness (QED) is 0.729. The lowest BCUT2D eigenvalue weighted by Crippen LogP contribution is -2.17. The van der Waals surface area contributed by atoms with Gasteiger partial charge in [0.2, 0.25) is 5.91 Å². The molecule has 2 heterocycles. The van der Waals surface area contributed by atoms with Gasteiger partial charge in [-0.2, -0.15) is 0 Å². The van der Waals surface area contributed by atoms with Gasteiger partial charge in [0, 0.05) is 29.3 Å². The summed E-state index contributed by atoms with van der Waals surface area (Å²) in [5.74, 6) is -0.408. The van der Waals surface area contributed by atoms with Crippen molar-refractivity contribution in [3.05, 3.63) is 83.4 Å². The summed E-state index contributed by atoms with van der Waals surface area (Å²) in [6, 6.07) is 12.4. The highest BCUT2D eigenvalue weighted by atomic mass is 16.2. The number of hydrogen-bond donors (Lipinski definition) is 2. The van der Waals surface area contributed by atoms with Gasteiger partial charge >= 0.3 is 0 Å². The summed E-state index contributed by atoms with van der Waals surface area (Å²) in [5, 5.41) is 5.68. The van der Waals surface area contributed by atoms with E-state index in [1.807, 2.05) is 26.0 Å². The molecule has 3 aromatic rings. The van der Waals surface area contributed by atoms with Crippen LogP contribution in [0, 0.1) is 13.8 Å². The fourth-order valence-corrected chi connectivity index (χ4v) is 2.52. The van der Waals surface area contributed by atoms with Crippen LogP contribution in [0.2, 0.25) is 0 Å². The largest absolute Gasteiger partial charge is 0.326 e. The van der Waals surface area contributed by atoms with Crippen LogP contribution in [-0.2, 0) is 11.2 Å². The highest BCUT2D eigenvalue weighted by Crippen LogP contribution is 2.19. The predicted octanol–water partition coefficient (Wildman–Crippen LogP) is 3.53. The molecule has 0 unspecified atom stereocenters. The molecule has 0 aliphatic heterocycles. The standard InChI is InChI=1S/C21H20N4O2/c1-14-3-5-17(21(27)24-18-6-4-15(2)23-13-18)12-19(14)25-20(26)11-16-7-9-22-10-8-16/h3-10,12-13H,11H2,1-2H3,(H,24,27)(H,25,26). The Morgan fingerprint density at radius 3 is 2.44 bits per heavy atom. The number of rotatable bonds is 5. The molecule has 136 valence electrons. The number of anilines is 2. The minimum absolute atomic E-state index is 0.149. The molecule has 0 atom stereocenters. The second-order valence-corrected chi connectivity index (χ2v) is 6.25. The fraction of sp³-hybridized carbons (Fsp3) is 0.143. The Labute approximate surface area is 157 Å². The van der Waals surface area contributed by atoms with Crippen LogP contribution in [0.25, 0.3) is 0 Å². The lowest BCUT2D eigenvalue weighted by Gasteiger charge is -2.11. The van der Waals surface area contributed by atoms with E-state index in [1.165, 1.54) is 0 Å². The van der Waals surface area contributed by atoms with Crippen molar-refractivity contribution in [3.8, 4) is 0 Å². The van der Waals surface area contributed by atoms with Crippen LogP contribution in [0.15, 0.2) is 61.1 Å². The lowest BCUT2D eigenvalue weighted by molar-refractivity contribution is -0.115. The van der Waals surface area contributed by atoms with Crippen LogP contribution in [0.3, 0.4) is 0 Å². The number of pyridine rings is 2. The van der Waals surface area contributed by atoms with Crippen LogP contribution in [0.5, 0.6) is 0 Å². The Bertz CT molecular complexity index is 954. The molecule has 0 radical (unpaired) electrons. The minimum Gasteiger partial charge on any atom is -0.326 e. The summed E-state index contributed by atoms with van der Waals surface area (Å²) in [7, 11) is 0. The topological polar surface area (TPSA) is 84.0 Å². The Kier molecular flexibility index (Phi) is 5.56. The van der Waals surface area contributed by atoms with Crippen LogP contribution in [0.1, 0.15) is 27.2 Å². The highest BCUT2D eigenvalue weighted by Gasteiger charge is 2.11. The third kappa shape index (κ3) is 4.98. The smallest absolute Gasteiger partial charge is 0.255 e. The molecular formula is C21H20N4O2.